The van der Waals surface area contributed by atoms with Crippen molar-refractivity contribution in [1.82, 2.24) is 0 Å². The number of carbonyl (C=O) groups excluding carboxylic acids is 1. The summed E-state index contributed by atoms with van der Waals surface area (Å²) in [5.41, 5.74) is 4.20. The van der Waals surface area contributed by atoms with E-state index in [1.54, 1.807) is 32.0 Å². The quantitative estimate of drug-likeness (QED) is 0.806. The Bertz CT molecular complexity index is 1100. The molecule has 136 valence electrons. The van der Waals surface area contributed by atoms with Crippen molar-refractivity contribution in [3.05, 3.63) is 82.4 Å². The van der Waals surface area contributed by atoms with Crippen molar-refractivity contribution in [2.45, 2.75) is 25.6 Å². The maximum atomic E-state index is 12.8. The fraction of sp³-hybridized carbons (Fsp3) is 0.211. The van der Waals surface area contributed by atoms with E-state index < -0.39 is 39.3 Å². The molecule has 26 heavy (non-hydrogen) atoms. The van der Waals surface area contributed by atoms with E-state index in [4.69, 9.17) is 18.8 Å². The predicted molar refractivity (Wildman–Crippen MR) is 96.1 cm³/mol. The van der Waals surface area contributed by atoms with Gasteiger partial charge in [-0.1, -0.05) is 59.7 Å². The monoisotopic (exact) mass is 376 g/mol. The third-order valence-corrected chi connectivity index (χ3v) is 4.41. The van der Waals surface area contributed by atoms with Gasteiger partial charge in [0.15, 0.2) is 6.08 Å². The number of carbonyl (C=O) groups is 1. The van der Waals surface area contributed by atoms with E-state index in [0.717, 1.165) is 11.1 Å². The first-order valence-corrected chi connectivity index (χ1v) is 9.11. The molecule has 3 rings (SSSR count). The first-order chi connectivity index (χ1) is 13.4. The largest absolute Gasteiger partial charge is 0.460 e. The molecule has 0 amide bonds. The fourth-order valence-electron chi connectivity index (χ4n) is 2.57. The van der Waals surface area contributed by atoms with E-state index in [-0.39, 0.29) is 11.1 Å². The zero-order valence-electron chi connectivity index (χ0n) is 17.1. The molecule has 1 unspecified atom stereocenters. The van der Waals surface area contributed by atoms with Gasteiger partial charge < -0.3 is 14.7 Å². The highest BCUT2D eigenvalue weighted by Crippen LogP contribution is 2.33. The molecule has 1 heterocycles. The van der Waals surface area contributed by atoms with Gasteiger partial charge in [-0.3, -0.25) is 4.79 Å². The minimum Gasteiger partial charge on any atom is -0.460 e. The lowest BCUT2D eigenvalue weighted by Crippen LogP contribution is -2.16. The van der Waals surface area contributed by atoms with Crippen molar-refractivity contribution in [2.75, 3.05) is 0 Å². The Morgan fingerprint density at radius 3 is 2.42 bits per heavy atom. The summed E-state index contributed by atoms with van der Waals surface area (Å²) < 4.78 is 59.6. The van der Waals surface area contributed by atoms with Crippen LogP contribution in [0.1, 0.15) is 32.4 Å². The number of rotatable bonds is 5. The lowest BCUT2D eigenvalue weighted by molar-refractivity contribution is -0.123. The minimum atomic E-state index is -5.00. The average Bonchev–Trinajstić information content (AvgIpc) is 2.85. The number of hydrogen-bond acceptors (Lipinski definition) is 6. The zero-order valence-corrected chi connectivity index (χ0v) is 15.0. The van der Waals surface area contributed by atoms with Crippen LogP contribution in [-0.2, 0) is 29.5 Å². The lowest BCUT2D eigenvalue weighted by Gasteiger charge is -2.12. The normalized spacial score (nSPS) is 22.4. The molecule has 0 radical (unpaired) electrons. The van der Waals surface area contributed by atoms with Crippen LogP contribution in [-0.4, -0.2) is 14.2 Å². The maximum Gasteiger partial charge on any atom is 0.313 e. The summed E-state index contributed by atoms with van der Waals surface area (Å²) in [6.45, 7) is 3.54. The van der Waals surface area contributed by atoms with Crippen molar-refractivity contribution in [3.63, 3.8) is 0 Å². The maximum absolute atomic E-state index is 12.8. The van der Waals surface area contributed by atoms with Gasteiger partial charge in [-0.15, -0.1) is 0 Å². The number of ketones is 1. The Kier molecular flexibility index (Phi) is 3.78. The molecule has 6 nitrogen and oxygen atoms in total. The standard InChI is InChI=1S/C19H19NO5S/c1-12-8-13(2)10-15(9-12)17-16(21)18(19(20)24-17)25-26(22,23)11-14-6-4-3-5-7-14/h3-10,17H,11,20H2,1-2H3/i11D2,17D. The molecular formula is C19H19NO5S. The third-order valence-electron chi connectivity index (χ3n) is 3.54. The third kappa shape index (κ3) is 3.88. The molecule has 2 aromatic rings. The smallest absolute Gasteiger partial charge is 0.313 e. The van der Waals surface area contributed by atoms with E-state index >= 15 is 0 Å². The summed E-state index contributed by atoms with van der Waals surface area (Å²) in [6, 6.07) is 12.0. The van der Waals surface area contributed by atoms with Crippen molar-refractivity contribution >= 4 is 15.9 Å². The lowest BCUT2D eigenvalue weighted by atomic mass is 10.0. The second-order valence-corrected chi connectivity index (χ2v) is 7.11. The Morgan fingerprint density at radius 1 is 1.19 bits per heavy atom. The molecular weight excluding hydrogens is 354 g/mol. The van der Waals surface area contributed by atoms with Gasteiger partial charge in [-0.25, -0.2) is 0 Å². The summed E-state index contributed by atoms with van der Waals surface area (Å²) in [7, 11) is -5.00. The number of nitrogens with two attached hydrogens (primary N) is 1. The van der Waals surface area contributed by atoms with Crippen LogP contribution in [0.5, 0.6) is 0 Å². The molecule has 0 spiro atoms. The minimum absolute atomic E-state index is 0.157. The molecule has 2 N–H and O–H groups in total. The number of hydrogen-bond donors (Lipinski definition) is 1. The van der Waals surface area contributed by atoms with Crippen LogP contribution in [0.2, 0.25) is 0 Å². The highest BCUT2D eigenvalue weighted by Gasteiger charge is 2.39. The number of benzene rings is 2. The molecule has 1 aliphatic heterocycles. The van der Waals surface area contributed by atoms with Crippen LogP contribution in [0, 0.1) is 13.8 Å². The topological polar surface area (TPSA) is 95.7 Å². The second kappa shape index (κ2) is 6.84. The Hall–Kier alpha value is -2.80. The van der Waals surface area contributed by atoms with E-state index in [1.165, 1.54) is 24.3 Å². The molecule has 0 bridgehead atoms. The molecule has 1 aliphatic rings. The number of aryl methyl sites for hydroxylation is 2. The first kappa shape index (κ1) is 14.4. The van der Waals surface area contributed by atoms with Crippen molar-refractivity contribution in [3.8, 4) is 0 Å². The molecule has 2 aromatic carbocycles. The molecule has 1 atom stereocenters. The van der Waals surface area contributed by atoms with Gasteiger partial charge in [-0.2, -0.15) is 8.42 Å². The van der Waals surface area contributed by atoms with Crippen LogP contribution in [0.3, 0.4) is 0 Å². The summed E-state index contributed by atoms with van der Waals surface area (Å²) in [5, 5.41) is 0. The van der Waals surface area contributed by atoms with Crippen molar-refractivity contribution in [1.29, 1.82) is 0 Å². The highest BCUT2D eigenvalue weighted by atomic mass is 32.2. The Labute approximate surface area is 156 Å². The first-order valence-electron chi connectivity index (χ1n) is 9.20. The van der Waals surface area contributed by atoms with Crippen LogP contribution in [0.4, 0.5) is 0 Å². The Morgan fingerprint density at radius 2 is 1.81 bits per heavy atom. The molecule has 7 heteroatoms. The van der Waals surface area contributed by atoms with Crippen LogP contribution in [0.15, 0.2) is 60.2 Å². The summed E-state index contributed by atoms with van der Waals surface area (Å²) >= 11 is 0. The average molecular weight is 376 g/mol. The predicted octanol–water partition coefficient (Wildman–Crippen LogP) is 2.62. The summed E-state index contributed by atoms with van der Waals surface area (Å²) in [4.78, 5) is 12.8. The van der Waals surface area contributed by atoms with Gasteiger partial charge in [0, 0.05) is 5.56 Å². The van der Waals surface area contributed by atoms with Gasteiger partial charge in [0.2, 0.25) is 17.4 Å². The summed E-state index contributed by atoms with van der Waals surface area (Å²) in [5.74, 6) is -2.75. The second-order valence-electron chi connectivity index (χ2n) is 5.84. The van der Waals surface area contributed by atoms with Crippen LogP contribution in [0.25, 0.3) is 0 Å². The zero-order chi connectivity index (χ0) is 21.6. The van der Waals surface area contributed by atoms with E-state index in [1.807, 2.05) is 6.07 Å². The molecule has 0 aliphatic carbocycles. The highest BCUT2D eigenvalue weighted by molar-refractivity contribution is 7.86. The molecule has 0 fully saturated rings. The molecule has 0 saturated carbocycles. The van der Waals surface area contributed by atoms with Gasteiger partial charge in [0.25, 0.3) is 0 Å². The number of ether oxygens (including phenoxy) is 1. The van der Waals surface area contributed by atoms with Gasteiger partial charge in [0.05, 0.1) is 4.11 Å². The molecule has 0 saturated heterocycles. The van der Waals surface area contributed by atoms with E-state index in [2.05, 4.69) is 0 Å². The van der Waals surface area contributed by atoms with Gasteiger partial charge in [-0.05, 0) is 19.4 Å². The van der Waals surface area contributed by atoms with Crippen LogP contribution < -0.4 is 5.73 Å². The summed E-state index contributed by atoms with van der Waals surface area (Å²) in [6.07, 6.45) is -2.33. The van der Waals surface area contributed by atoms with Crippen LogP contribution >= 0.6 is 0 Å². The van der Waals surface area contributed by atoms with E-state index in [0.29, 0.717) is 0 Å². The Balaban J connectivity index is 1.96. The van der Waals surface area contributed by atoms with Crippen molar-refractivity contribution < 1.29 is 26.2 Å². The van der Waals surface area contributed by atoms with E-state index in [9.17, 15) is 13.2 Å². The SMILES string of the molecule is [2H]C1(c2cc(C)cc(C)c2)OC(N)=C(OS(=O)(=O)C([2H])([2H])c2ccccc2)C1=O. The fourth-order valence-corrected chi connectivity index (χ4v) is 3.42. The van der Waals surface area contributed by atoms with Gasteiger partial charge >= 0.3 is 10.1 Å². The van der Waals surface area contributed by atoms with Crippen molar-refractivity contribution in [2.24, 2.45) is 5.73 Å². The molecule has 0 aromatic heterocycles. The number of Topliss-reactive ketones (excluding diaryl/α,β-unsaturated/α-hetero) is 1. The van der Waals surface area contributed by atoms with Gasteiger partial charge in [0.1, 0.15) is 5.70 Å².